The van der Waals surface area contributed by atoms with Gasteiger partial charge in [0.2, 0.25) is 5.95 Å². The number of fused-ring (bicyclic) bond motifs is 3. The van der Waals surface area contributed by atoms with Gasteiger partial charge in [0, 0.05) is 30.8 Å². The number of hydrogen-bond donors (Lipinski definition) is 2. The minimum absolute atomic E-state index is 0.216. The van der Waals surface area contributed by atoms with Gasteiger partial charge in [0.25, 0.3) is 11.5 Å². The first-order valence-corrected chi connectivity index (χ1v) is 9.42. The molecule has 1 atom stereocenters. The number of amides is 1. The Balaban J connectivity index is 1.97. The molecule has 0 unspecified atom stereocenters. The second-order valence-corrected chi connectivity index (χ2v) is 7.62. The number of benzene rings is 1. The standard InChI is InChI=1S/C18H20ClN7O3/c1-10-7-24(12-5-3-11(19)4-6-12)17-21-15-14(25(17)8-10)16(28)26(9-13(27)22-20)18(29)23(15)2/h3-6,10H,7-9,20H2,1-2H3,(H,22,27)/t10-/m0/s1. The first-order chi connectivity index (χ1) is 13.8. The fourth-order valence-electron chi connectivity index (χ4n) is 3.67. The van der Waals surface area contributed by atoms with Crippen molar-refractivity contribution < 1.29 is 4.79 Å². The summed E-state index contributed by atoms with van der Waals surface area (Å²) in [5, 5.41) is 0.621. The largest absolute Gasteiger partial charge is 0.332 e. The first-order valence-electron chi connectivity index (χ1n) is 9.04. The summed E-state index contributed by atoms with van der Waals surface area (Å²) in [5.41, 5.74) is 2.16. The Kier molecular flexibility index (Phi) is 4.67. The van der Waals surface area contributed by atoms with Gasteiger partial charge in [0.05, 0.1) is 0 Å². The molecule has 0 aliphatic carbocycles. The number of nitrogens with one attached hydrogen (secondary N) is 1. The summed E-state index contributed by atoms with van der Waals surface area (Å²) in [5.74, 6) is 5.25. The lowest BCUT2D eigenvalue weighted by molar-refractivity contribution is -0.121. The smallest absolute Gasteiger partial charge is 0.312 e. The van der Waals surface area contributed by atoms with Crippen molar-refractivity contribution >= 4 is 40.3 Å². The molecule has 0 fully saturated rings. The molecule has 3 heterocycles. The number of carbonyl (C=O) groups is 1. The highest BCUT2D eigenvalue weighted by Gasteiger charge is 2.30. The molecule has 11 heteroatoms. The average molecular weight is 418 g/mol. The number of rotatable bonds is 3. The summed E-state index contributed by atoms with van der Waals surface area (Å²) in [6.07, 6.45) is 0. The molecule has 1 aromatic carbocycles. The van der Waals surface area contributed by atoms with E-state index in [9.17, 15) is 14.4 Å². The van der Waals surface area contributed by atoms with Crippen LogP contribution in [0.5, 0.6) is 0 Å². The maximum absolute atomic E-state index is 13.1. The van der Waals surface area contributed by atoms with E-state index in [-0.39, 0.29) is 17.1 Å². The first kappa shape index (κ1) is 19.2. The van der Waals surface area contributed by atoms with Gasteiger partial charge in [-0.25, -0.2) is 15.2 Å². The molecule has 29 heavy (non-hydrogen) atoms. The number of hydrazine groups is 1. The number of aromatic nitrogens is 4. The van der Waals surface area contributed by atoms with E-state index in [2.05, 4.69) is 11.9 Å². The summed E-state index contributed by atoms with van der Waals surface area (Å²) in [4.78, 5) is 44.1. The van der Waals surface area contributed by atoms with E-state index < -0.39 is 23.7 Å². The van der Waals surface area contributed by atoms with Gasteiger partial charge in [0.1, 0.15) is 6.54 Å². The molecule has 3 aromatic rings. The summed E-state index contributed by atoms with van der Waals surface area (Å²) in [6.45, 7) is 2.87. The van der Waals surface area contributed by atoms with Crippen LogP contribution in [0.4, 0.5) is 11.6 Å². The lowest BCUT2D eigenvalue weighted by Crippen LogP contribution is -2.45. The Morgan fingerprint density at radius 2 is 1.97 bits per heavy atom. The second-order valence-electron chi connectivity index (χ2n) is 7.19. The molecule has 10 nitrogen and oxygen atoms in total. The van der Waals surface area contributed by atoms with Gasteiger partial charge in [0.15, 0.2) is 11.2 Å². The van der Waals surface area contributed by atoms with E-state index in [0.29, 0.717) is 24.1 Å². The van der Waals surface area contributed by atoms with Crippen LogP contribution in [-0.4, -0.2) is 31.1 Å². The van der Waals surface area contributed by atoms with Crippen molar-refractivity contribution in [3.63, 3.8) is 0 Å². The molecular weight excluding hydrogens is 398 g/mol. The zero-order valence-corrected chi connectivity index (χ0v) is 16.7. The Hall–Kier alpha value is -3.11. The van der Waals surface area contributed by atoms with E-state index in [0.717, 1.165) is 10.3 Å². The third-order valence-electron chi connectivity index (χ3n) is 5.04. The molecule has 1 aliphatic rings. The summed E-state index contributed by atoms with van der Waals surface area (Å²) >= 11 is 6.01. The fraction of sp³-hybridized carbons (Fsp3) is 0.333. The molecule has 0 spiro atoms. The number of hydrogen-bond acceptors (Lipinski definition) is 6. The summed E-state index contributed by atoms with van der Waals surface area (Å²) in [7, 11) is 1.52. The van der Waals surface area contributed by atoms with Crippen molar-refractivity contribution in [3.8, 4) is 0 Å². The van der Waals surface area contributed by atoms with E-state index in [4.69, 9.17) is 17.4 Å². The van der Waals surface area contributed by atoms with Gasteiger partial charge in [-0.2, -0.15) is 4.98 Å². The molecule has 2 aromatic heterocycles. The maximum Gasteiger partial charge on any atom is 0.332 e. The lowest BCUT2D eigenvalue weighted by Gasteiger charge is -2.33. The quantitative estimate of drug-likeness (QED) is 0.360. The second kappa shape index (κ2) is 7.05. The Labute approximate surface area is 170 Å². The minimum atomic E-state index is -0.641. The van der Waals surface area contributed by atoms with Crippen LogP contribution < -0.4 is 27.4 Å². The number of nitrogens with two attached hydrogens (primary N) is 1. The van der Waals surface area contributed by atoms with Crippen molar-refractivity contribution in [2.24, 2.45) is 18.8 Å². The van der Waals surface area contributed by atoms with Crippen LogP contribution in [0.2, 0.25) is 5.02 Å². The predicted molar refractivity (Wildman–Crippen MR) is 109 cm³/mol. The molecule has 4 rings (SSSR count). The Morgan fingerprint density at radius 1 is 1.28 bits per heavy atom. The average Bonchev–Trinajstić information content (AvgIpc) is 3.09. The molecule has 0 saturated heterocycles. The highest BCUT2D eigenvalue weighted by Crippen LogP contribution is 2.33. The highest BCUT2D eigenvalue weighted by molar-refractivity contribution is 6.30. The van der Waals surface area contributed by atoms with Crippen LogP contribution in [-0.2, 0) is 24.9 Å². The van der Waals surface area contributed by atoms with Crippen LogP contribution in [0.1, 0.15) is 6.92 Å². The Bertz CT molecular complexity index is 1230. The molecule has 152 valence electrons. The van der Waals surface area contributed by atoms with Crippen molar-refractivity contribution in [2.45, 2.75) is 20.0 Å². The van der Waals surface area contributed by atoms with Crippen LogP contribution >= 0.6 is 11.6 Å². The molecule has 3 N–H and O–H groups in total. The molecule has 0 radical (unpaired) electrons. The molecular formula is C18H20ClN7O3. The van der Waals surface area contributed by atoms with Crippen molar-refractivity contribution in [1.29, 1.82) is 0 Å². The van der Waals surface area contributed by atoms with Crippen molar-refractivity contribution in [1.82, 2.24) is 24.1 Å². The monoisotopic (exact) mass is 417 g/mol. The van der Waals surface area contributed by atoms with Gasteiger partial charge in [-0.3, -0.25) is 19.6 Å². The van der Waals surface area contributed by atoms with Crippen LogP contribution in [0, 0.1) is 5.92 Å². The molecule has 1 aliphatic heterocycles. The SMILES string of the molecule is C[C@H]1CN(c2ccc(Cl)cc2)c2nc3c(c(=O)n(CC(=O)NN)c(=O)n3C)n2C1. The molecule has 0 bridgehead atoms. The van der Waals surface area contributed by atoms with E-state index in [1.165, 1.54) is 11.6 Å². The van der Waals surface area contributed by atoms with E-state index in [1.807, 2.05) is 22.5 Å². The topological polar surface area (TPSA) is 120 Å². The van der Waals surface area contributed by atoms with Gasteiger partial charge < -0.3 is 9.47 Å². The van der Waals surface area contributed by atoms with Crippen molar-refractivity contribution in [2.75, 3.05) is 11.4 Å². The predicted octanol–water partition coefficient (Wildman–Crippen LogP) is 0.328. The van der Waals surface area contributed by atoms with Crippen LogP contribution in [0.15, 0.2) is 33.9 Å². The zero-order valence-electron chi connectivity index (χ0n) is 15.9. The van der Waals surface area contributed by atoms with E-state index in [1.54, 1.807) is 16.7 Å². The zero-order chi connectivity index (χ0) is 20.9. The minimum Gasteiger partial charge on any atom is -0.312 e. The molecule has 0 saturated carbocycles. The Morgan fingerprint density at radius 3 is 2.62 bits per heavy atom. The number of aryl methyl sites for hydroxylation is 1. The van der Waals surface area contributed by atoms with E-state index >= 15 is 0 Å². The maximum atomic E-state index is 13.1. The van der Waals surface area contributed by atoms with Crippen LogP contribution in [0.3, 0.4) is 0 Å². The highest BCUT2D eigenvalue weighted by atomic mass is 35.5. The fourth-order valence-corrected chi connectivity index (χ4v) is 3.80. The summed E-state index contributed by atoms with van der Waals surface area (Å²) in [6, 6.07) is 7.34. The van der Waals surface area contributed by atoms with Gasteiger partial charge in [-0.05, 0) is 30.2 Å². The third kappa shape index (κ3) is 3.10. The lowest BCUT2D eigenvalue weighted by atomic mass is 10.1. The molecule has 1 amide bonds. The van der Waals surface area contributed by atoms with Gasteiger partial charge >= 0.3 is 5.69 Å². The van der Waals surface area contributed by atoms with Crippen LogP contribution in [0.25, 0.3) is 11.2 Å². The number of anilines is 2. The van der Waals surface area contributed by atoms with Crippen molar-refractivity contribution in [3.05, 3.63) is 50.1 Å². The third-order valence-corrected chi connectivity index (χ3v) is 5.30. The van der Waals surface area contributed by atoms with Gasteiger partial charge in [-0.15, -0.1) is 0 Å². The normalized spacial score (nSPS) is 16.1. The number of carbonyl (C=O) groups excluding carboxylic acids is 1. The number of imidazole rings is 1. The van der Waals surface area contributed by atoms with Gasteiger partial charge in [-0.1, -0.05) is 18.5 Å². The number of halogens is 1. The number of nitrogens with zero attached hydrogens (tertiary/aromatic N) is 5. The summed E-state index contributed by atoms with van der Waals surface area (Å²) < 4.78 is 3.94.